The van der Waals surface area contributed by atoms with Gasteiger partial charge in [0.25, 0.3) is 0 Å². The molecule has 0 bridgehead atoms. The van der Waals surface area contributed by atoms with Crippen molar-refractivity contribution in [2.45, 2.75) is 25.9 Å². The number of nitrogens with zero attached hydrogens (tertiary/aromatic N) is 2. The highest BCUT2D eigenvalue weighted by Crippen LogP contribution is 2.38. The predicted octanol–water partition coefficient (Wildman–Crippen LogP) is 5.39. The zero-order valence-electron chi connectivity index (χ0n) is 17.3. The summed E-state index contributed by atoms with van der Waals surface area (Å²) in [5.74, 6) is -5.46. The molecule has 2 aromatic carbocycles. The summed E-state index contributed by atoms with van der Waals surface area (Å²) < 4.78 is 83.6. The number of aryl methyl sites for hydroxylation is 2. The van der Waals surface area contributed by atoms with Crippen molar-refractivity contribution in [3.8, 4) is 16.9 Å². The van der Waals surface area contributed by atoms with Crippen molar-refractivity contribution < 1.29 is 31.4 Å². The van der Waals surface area contributed by atoms with E-state index in [1.165, 1.54) is 18.7 Å². The van der Waals surface area contributed by atoms with Crippen LogP contribution < -0.4 is 10.1 Å². The van der Waals surface area contributed by atoms with E-state index in [1.807, 2.05) is 0 Å². The Kier molecular flexibility index (Phi) is 6.05. The van der Waals surface area contributed by atoms with Crippen LogP contribution in [0.15, 0.2) is 24.3 Å². The quantitative estimate of drug-likeness (QED) is 0.509. The highest BCUT2D eigenvalue weighted by Gasteiger charge is 2.25. The van der Waals surface area contributed by atoms with Crippen LogP contribution in [0.4, 0.5) is 33.5 Å². The standard InChI is InChI=1S/C22H20F5N3O2/c1-11-19(22(30(2)29-11)28-21-17(26)6-12(23)7-18(21)27)20-15(24)8-14(9-16(20)25)32-10-13-4-3-5-31-13/h6-9,13,28H,3-5,10H2,1-2H3. The number of halogens is 5. The monoisotopic (exact) mass is 453 g/mol. The molecule has 4 rings (SSSR count). The van der Waals surface area contributed by atoms with Crippen LogP contribution in [0.2, 0.25) is 0 Å². The summed E-state index contributed by atoms with van der Waals surface area (Å²) in [7, 11) is 1.44. The van der Waals surface area contributed by atoms with Gasteiger partial charge in [-0.3, -0.25) is 4.68 Å². The van der Waals surface area contributed by atoms with Gasteiger partial charge in [0, 0.05) is 37.9 Å². The number of anilines is 2. The van der Waals surface area contributed by atoms with E-state index in [9.17, 15) is 13.2 Å². The van der Waals surface area contributed by atoms with Gasteiger partial charge in [0.2, 0.25) is 0 Å². The summed E-state index contributed by atoms with van der Waals surface area (Å²) in [4.78, 5) is 0. The van der Waals surface area contributed by atoms with E-state index in [1.54, 1.807) is 0 Å². The number of benzene rings is 2. The Hall–Kier alpha value is -3.14. The van der Waals surface area contributed by atoms with Gasteiger partial charge < -0.3 is 14.8 Å². The molecule has 1 aliphatic rings. The maximum absolute atomic E-state index is 15.0. The second kappa shape index (κ2) is 8.78. The number of rotatable bonds is 6. The summed E-state index contributed by atoms with van der Waals surface area (Å²) in [6.07, 6.45) is 1.59. The Morgan fingerprint density at radius 2 is 1.69 bits per heavy atom. The Morgan fingerprint density at radius 3 is 2.28 bits per heavy atom. The van der Waals surface area contributed by atoms with Crippen molar-refractivity contribution in [3.05, 3.63) is 59.0 Å². The molecule has 0 radical (unpaired) electrons. The maximum atomic E-state index is 15.0. The molecule has 0 amide bonds. The molecule has 2 heterocycles. The van der Waals surface area contributed by atoms with Crippen molar-refractivity contribution in [3.63, 3.8) is 0 Å². The molecule has 10 heteroatoms. The van der Waals surface area contributed by atoms with Gasteiger partial charge in [0.05, 0.1) is 22.9 Å². The van der Waals surface area contributed by atoms with Gasteiger partial charge in [-0.05, 0) is 19.8 Å². The average Bonchev–Trinajstić information content (AvgIpc) is 3.31. The van der Waals surface area contributed by atoms with E-state index in [0.29, 0.717) is 18.7 Å². The van der Waals surface area contributed by atoms with Crippen molar-refractivity contribution in [2.24, 2.45) is 7.05 Å². The molecule has 0 saturated carbocycles. The normalized spacial score (nSPS) is 15.9. The van der Waals surface area contributed by atoms with Crippen LogP contribution in [0.5, 0.6) is 5.75 Å². The SMILES string of the molecule is Cc1nn(C)c(Nc2c(F)cc(F)cc2F)c1-c1c(F)cc(OCC2CCCO2)cc1F. The fourth-order valence-corrected chi connectivity index (χ4v) is 3.72. The van der Waals surface area contributed by atoms with Gasteiger partial charge in [0.15, 0.2) is 11.6 Å². The zero-order chi connectivity index (χ0) is 23.0. The van der Waals surface area contributed by atoms with Gasteiger partial charge in [-0.15, -0.1) is 0 Å². The predicted molar refractivity (Wildman–Crippen MR) is 107 cm³/mol. The lowest BCUT2D eigenvalue weighted by molar-refractivity contribution is 0.0677. The van der Waals surface area contributed by atoms with Crippen LogP contribution in [-0.4, -0.2) is 29.1 Å². The smallest absolute Gasteiger partial charge is 0.152 e. The molecule has 1 aromatic heterocycles. The number of hydrogen-bond donors (Lipinski definition) is 1. The molecule has 0 spiro atoms. The summed E-state index contributed by atoms with van der Waals surface area (Å²) in [5, 5.41) is 6.57. The summed E-state index contributed by atoms with van der Waals surface area (Å²) in [5.41, 5.74) is -0.932. The molecule has 170 valence electrons. The molecule has 1 aliphatic heterocycles. The van der Waals surface area contributed by atoms with Crippen LogP contribution in [0.3, 0.4) is 0 Å². The minimum Gasteiger partial charge on any atom is -0.491 e. The van der Waals surface area contributed by atoms with Crippen molar-refractivity contribution in [2.75, 3.05) is 18.5 Å². The lowest BCUT2D eigenvalue weighted by atomic mass is 10.0. The van der Waals surface area contributed by atoms with E-state index >= 15 is 8.78 Å². The first kappa shape index (κ1) is 22.1. The largest absolute Gasteiger partial charge is 0.491 e. The fourth-order valence-electron chi connectivity index (χ4n) is 3.72. The molecular weight excluding hydrogens is 433 g/mol. The number of aromatic nitrogens is 2. The number of ether oxygens (including phenoxy) is 2. The van der Waals surface area contributed by atoms with Crippen LogP contribution >= 0.6 is 0 Å². The summed E-state index contributed by atoms with van der Waals surface area (Å²) in [6, 6.07) is 3.05. The second-order valence-electron chi connectivity index (χ2n) is 7.51. The molecule has 1 unspecified atom stereocenters. The Morgan fingerprint density at radius 1 is 1.03 bits per heavy atom. The van der Waals surface area contributed by atoms with E-state index in [0.717, 1.165) is 25.0 Å². The average molecular weight is 453 g/mol. The molecule has 0 aliphatic carbocycles. The number of hydrogen-bond acceptors (Lipinski definition) is 4. The first-order chi connectivity index (χ1) is 15.2. The highest BCUT2D eigenvalue weighted by molar-refractivity contribution is 5.82. The fraction of sp³-hybridized carbons (Fsp3) is 0.318. The van der Waals surface area contributed by atoms with Crippen molar-refractivity contribution >= 4 is 11.5 Å². The van der Waals surface area contributed by atoms with Gasteiger partial charge in [-0.2, -0.15) is 5.10 Å². The topological polar surface area (TPSA) is 48.3 Å². The minimum absolute atomic E-state index is 0.00840. The van der Waals surface area contributed by atoms with E-state index in [-0.39, 0.29) is 35.5 Å². The number of nitrogens with one attached hydrogen (secondary N) is 1. The molecule has 32 heavy (non-hydrogen) atoms. The molecule has 3 aromatic rings. The first-order valence-electron chi connectivity index (χ1n) is 9.93. The van der Waals surface area contributed by atoms with Gasteiger partial charge in [0.1, 0.15) is 41.3 Å². The molecule has 1 N–H and O–H groups in total. The minimum atomic E-state index is -1.20. The molecular formula is C22H20F5N3O2. The molecule has 1 saturated heterocycles. The Bertz CT molecular complexity index is 1110. The van der Waals surface area contributed by atoms with Crippen LogP contribution in [0, 0.1) is 36.0 Å². The van der Waals surface area contributed by atoms with E-state index < -0.39 is 40.3 Å². The van der Waals surface area contributed by atoms with Gasteiger partial charge in [-0.25, -0.2) is 22.0 Å². The van der Waals surface area contributed by atoms with Gasteiger partial charge in [-0.1, -0.05) is 0 Å². The lowest BCUT2D eigenvalue weighted by Gasteiger charge is -2.15. The third-order valence-corrected chi connectivity index (χ3v) is 5.20. The Balaban J connectivity index is 1.70. The molecule has 1 fully saturated rings. The van der Waals surface area contributed by atoms with E-state index in [4.69, 9.17) is 9.47 Å². The van der Waals surface area contributed by atoms with Crippen LogP contribution in [-0.2, 0) is 11.8 Å². The maximum Gasteiger partial charge on any atom is 0.152 e. The lowest BCUT2D eigenvalue weighted by Crippen LogP contribution is -2.16. The van der Waals surface area contributed by atoms with Crippen molar-refractivity contribution in [1.29, 1.82) is 0 Å². The zero-order valence-corrected chi connectivity index (χ0v) is 17.3. The molecule has 1 atom stereocenters. The third kappa shape index (κ3) is 4.27. The van der Waals surface area contributed by atoms with Crippen LogP contribution in [0.1, 0.15) is 18.5 Å². The summed E-state index contributed by atoms with van der Waals surface area (Å²) >= 11 is 0. The van der Waals surface area contributed by atoms with Gasteiger partial charge >= 0.3 is 0 Å². The Labute approximate surface area is 180 Å². The second-order valence-corrected chi connectivity index (χ2v) is 7.51. The first-order valence-corrected chi connectivity index (χ1v) is 9.93. The summed E-state index contributed by atoms with van der Waals surface area (Å²) in [6.45, 7) is 2.29. The molecule has 5 nitrogen and oxygen atoms in total. The van der Waals surface area contributed by atoms with Crippen LogP contribution in [0.25, 0.3) is 11.1 Å². The highest BCUT2D eigenvalue weighted by atomic mass is 19.2. The van der Waals surface area contributed by atoms with E-state index in [2.05, 4.69) is 10.4 Å². The van der Waals surface area contributed by atoms with Crippen molar-refractivity contribution in [1.82, 2.24) is 9.78 Å². The third-order valence-electron chi connectivity index (χ3n) is 5.20.